The molecule has 0 saturated carbocycles. The fourth-order valence-corrected chi connectivity index (χ4v) is 4.82. The van der Waals surface area contributed by atoms with E-state index in [0.717, 1.165) is 22.3 Å². The minimum absolute atomic E-state index is 0.0483. The highest BCUT2D eigenvalue weighted by molar-refractivity contribution is 6.34. The number of rotatable bonds is 10. The molecule has 3 amide bonds. The number of halogens is 1. The Kier molecular flexibility index (Phi) is 10.9. The topological polar surface area (TPSA) is 87.7 Å². The van der Waals surface area contributed by atoms with Gasteiger partial charge in [-0.15, -0.1) is 6.58 Å². The van der Waals surface area contributed by atoms with Gasteiger partial charge in [-0.2, -0.15) is 0 Å². The standard InChI is InChI=1S/C34H40ClN3O4/c1-8-19-38(32(40)28(21-25-14-10-9-11-15-25)36-33(41)42-34(5,6)7)30(26-18-17-22(2)24(4)20-26)31(39)37-29-23(3)13-12-16-27(29)35/h8-18,20,28,30H,1,19,21H2,2-7H3,(H,36,41)(H,37,39). The van der Waals surface area contributed by atoms with Gasteiger partial charge in [-0.05, 0) is 75.4 Å². The Morgan fingerprint density at radius 3 is 2.24 bits per heavy atom. The lowest BCUT2D eigenvalue weighted by Crippen LogP contribution is -2.53. The SMILES string of the molecule is C=CCN(C(=O)C(Cc1ccccc1)NC(=O)OC(C)(C)C)C(C(=O)Nc1c(C)cccc1Cl)c1ccc(C)c(C)c1. The minimum atomic E-state index is -1.05. The van der Waals surface area contributed by atoms with E-state index in [0.29, 0.717) is 16.3 Å². The summed E-state index contributed by atoms with van der Waals surface area (Å²) in [5, 5.41) is 6.10. The first-order valence-corrected chi connectivity index (χ1v) is 14.3. The quantitative estimate of drug-likeness (QED) is 0.247. The number of aryl methyl sites for hydroxylation is 3. The molecule has 0 radical (unpaired) electrons. The van der Waals surface area contributed by atoms with Crippen molar-refractivity contribution in [2.24, 2.45) is 0 Å². The number of hydrogen-bond acceptors (Lipinski definition) is 4. The van der Waals surface area contributed by atoms with Gasteiger partial charge in [0.15, 0.2) is 0 Å². The maximum absolute atomic E-state index is 14.4. The van der Waals surface area contributed by atoms with Crippen molar-refractivity contribution in [3.63, 3.8) is 0 Å². The van der Waals surface area contributed by atoms with Crippen LogP contribution in [0.3, 0.4) is 0 Å². The summed E-state index contributed by atoms with van der Waals surface area (Å²) in [6, 6.07) is 18.3. The largest absolute Gasteiger partial charge is 0.444 e. The molecule has 0 saturated heterocycles. The number of alkyl carbamates (subject to hydrolysis) is 1. The average Bonchev–Trinajstić information content (AvgIpc) is 2.91. The lowest BCUT2D eigenvalue weighted by atomic mass is 9.97. The van der Waals surface area contributed by atoms with E-state index < -0.39 is 35.6 Å². The van der Waals surface area contributed by atoms with Gasteiger partial charge < -0.3 is 20.3 Å². The van der Waals surface area contributed by atoms with Crippen LogP contribution in [0.15, 0.2) is 79.4 Å². The van der Waals surface area contributed by atoms with Crippen LogP contribution in [-0.2, 0) is 20.7 Å². The summed E-state index contributed by atoms with van der Waals surface area (Å²) in [6.45, 7) is 14.9. The third-order valence-electron chi connectivity index (χ3n) is 6.76. The molecule has 7 nitrogen and oxygen atoms in total. The molecular weight excluding hydrogens is 550 g/mol. The number of nitrogens with one attached hydrogen (secondary N) is 2. The van der Waals surface area contributed by atoms with Crippen LogP contribution in [0.1, 0.15) is 54.6 Å². The van der Waals surface area contributed by atoms with Gasteiger partial charge in [0.2, 0.25) is 5.91 Å². The number of benzene rings is 3. The first kappa shape index (κ1) is 32.4. The molecule has 222 valence electrons. The van der Waals surface area contributed by atoms with Gasteiger partial charge in [0, 0.05) is 13.0 Å². The highest BCUT2D eigenvalue weighted by atomic mass is 35.5. The predicted molar refractivity (Wildman–Crippen MR) is 169 cm³/mol. The lowest BCUT2D eigenvalue weighted by molar-refractivity contribution is -0.140. The van der Waals surface area contributed by atoms with E-state index in [9.17, 15) is 14.4 Å². The normalized spacial score (nSPS) is 12.5. The average molecular weight is 590 g/mol. The van der Waals surface area contributed by atoms with Crippen LogP contribution in [0.5, 0.6) is 0 Å². The molecule has 0 heterocycles. The highest BCUT2D eigenvalue weighted by Gasteiger charge is 2.36. The maximum atomic E-state index is 14.4. The van der Waals surface area contributed by atoms with Crippen molar-refractivity contribution in [3.8, 4) is 0 Å². The van der Waals surface area contributed by atoms with Gasteiger partial charge in [0.05, 0.1) is 10.7 Å². The summed E-state index contributed by atoms with van der Waals surface area (Å²) in [5.41, 5.74) is 3.96. The molecule has 42 heavy (non-hydrogen) atoms. The molecule has 0 spiro atoms. The first-order chi connectivity index (χ1) is 19.8. The zero-order valence-corrected chi connectivity index (χ0v) is 25.9. The number of hydrogen-bond donors (Lipinski definition) is 2. The summed E-state index contributed by atoms with van der Waals surface area (Å²) in [4.78, 5) is 42.8. The van der Waals surface area contributed by atoms with Crippen molar-refractivity contribution in [2.75, 3.05) is 11.9 Å². The second kappa shape index (κ2) is 14.2. The van der Waals surface area contributed by atoms with Gasteiger partial charge in [0.25, 0.3) is 5.91 Å². The molecular formula is C34H40ClN3O4. The zero-order chi connectivity index (χ0) is 31.0. The molecule has 2 atom stereocenters. The number of nitrogens with zero attached hydrogens (tertiary/aromatic N) is 1. The second-order valence-corrected chi connectivity index (χ2v) is 11.7. The number of carbonyl (C=O) groups is 3. The van der Waals surface area contributed by atoms with Crippen molar-refractivity contribution < 1.29 is 19.1 Å². The molecule has 2 unspecified atom stereocenters. The molecule has 3 rings (SSSR count). The fourth-order valence-electron chi connectivity index (χ4n) is 4.55. The van der Waals surface area contributed by atoms with Crippen molar-refractivity contribution >= 4 is 35.2 Å². The molecule has 0 aliphatic rings. The Labute approximate surface area is 253 Å². The number of ether oxygens (including phenoxy) is 1. The third-order valence-corrected chi connectivity index (χ3v) is 7.07. The van der Waals surface area contributed by atoms with Crippen molar-refractivity contribution in [3.05, 3.63) is 112 Å². The van der Waals surface area contributed by atoms with Crippen LogP contribution < -0.4 is 10.6 Å². The summed E-state index contributed by atoms with van der Waals surface area (Å²) < 4.78 is 5.49. The highest BCUT2D eigenvalue weighted by Crippen LogP contribution is 2.30. The fraction of sp³-hybridized carbons (Fsp3) is 0.324. The smallest absolute Gasteiger partial charge is 0.408 e. The molecule has 8 heteroatoms. The Hall–Kier alpha value is -4.10. The molecule has 2 N–H and O–H groups in total. The molecule has 3 aromatic rings. The van der Waals surface area contributed by atoms with E-state index in [-0.39, 0.29) is 13.0 Å². The summed E-state index contributed by atoms with van der Waals surface area (Å²) in [6.07, 6.45) is 1.03. The summed E-state index contributed by atoms with van der Waals surface area (Å²) >= 11 is 6.45. The van der Waals surface area contributed by atoms with Gasteiger partial charge in [-0.3, -0.25) is 9.59 Å². The monoisotopic (exact) mass is 589 g/mol. The van der Waals surface area contributed by atoms with E-state index in [1.807, 2.05) is 75.4 Å². The molecule has 0 bridgehead atoms. The molecule has 0 aliphatic carbocycles. The van der Waals surface area contributed by atoms with Crippen molar-refractivity contribution in [1.29, 1.82) is 0 Å². The van der Waals surface area contributed by atoms with Gasteiger partial charge >= 0.3 is 6.09 Å². The zero-order valence-electron chi connectivity index (χ0n) is 25.2. The second-order valence-electron chi connectivity index (χ2n) is 11.3. The van der Waals surface area contributed by atoms with Crippen LogP contribution in [-0.4, -0.2) is 41.0 Å². The molecule has 3 aromatic carbocycles. The number of para-hydroxylation sites is 1. The van der Waals surface area contributed by atoms with E-state index in [2.05, 4.69) is 17.2 Å². The van der Waals surface area contributed by atoms with Crippen LogP contribution in [0.4, 0.5) is 10.5 Å². The van der Waals surface area contributed by atoms with Crippen LogP contribution >= 0.6 is 11.6 Å². The Morgan fingerprint density at radius 1 is 0.952 bits per heavy atom. The number of carbonyl (C=O) groups excluding carboxylic acids is 3. The van der Waals surface area contributed by atoms with Crippen molar-refractivity contribution in [1.82, 2.24) is 10.2 Å². The van der Waals surface area contributed by atoms with Gasteiger partial charge in [0.1, 0.15) is 17.7 Å². The Balaban J connectivity index is 2.09. The Bertz CT molecular complexity index is 1410. The van der Waals surface area contributed by atoms with E-state index >= 15 is 0 Å². The van der Waals surface area contributed by atoms with E-state index in [1.165, 1.54) is 4.90 Å². The van der Waals surface area contributed by atoms with Gasteiger partial charge in [-0.1, -0.05) is 78.3 Å². The van der Waals surface area contributed by atoms with Crippen LogP contribution in [0, 0.1) is 20.8 Å². The minimum Gasteiger partial charge on any atom is -0.444 e. The van der Waals surface area contributed by atoms with Gasteiger partial charge in [-0.25, -0.2) is 4.79 Å². The Morgan fingerprint density at radius 2 is 1.64 bits per heavy atom. The van der Waals surface area contributed by atoms with Crippen LogP contribution in [0.2, 0.25) is 5.02 Å². The number of amides is 3. The van der Waals surface area contributed by atoms with E-state index in [1.54, 1.807) is 39.0 Å². The summed E-state index contributed by atoms with van der Waals surface area (Å²) in [5.74, 6) is -0.903. The van der Waals surface area contributed by atoms with Crippen LogP contribution in [0.25, 0.3) is 0 Å². The lowest BCUT2D eigenvalue weighted by Gasteiger charge is -2.34. The third kappa shape index (κ3) is 8.70. The molecule has 0 aliphatic heterocycles. The molecule has 0 fully saturated rings. The van der Waals surface area contributed by atoms with Crippen molar-refractivity contribution in [2.45, 2.75) is 65.6 Å². The molecule has 0 aromatic heterocycles. The first-order valence-electron chi connectivity index (χ1n) is 13.9. The maximum Gasteiger partial charge on any atom is 0.408 e. The van der Waals surface area contributed by atoms with E-state index in [4.69, 9.17) is 16.3 Å². The summed E-state index contributed by atoms with van der Waals surface area (Å²) in [7, 11) is 0. The number of anilines is 1. The predicted octanol–water partition coefficient (Wildman–Crippen LogP) is 7.10.